The van der Waals surface area contributed by atoms with E-state index in [4.69, 9.17) is 15.6 Å². The third-order valence-electron chi connectivity index (χ3n) is 0.940. The van der Waals surface area contributed by atoms with E-state index in [0.717, 1.165) is 19.4 Å². The summed E-state index contributed by atoms with van der Waals surface area (Å²) < 4.78 is 5.07. The average Bonchev–Trinajstić information content (AvgIpc) is 1.89. The van der Waals surface area contributed by atoms with E-state index < -0.39 is 0 Å². The maximum atomic E-state index is 8.32. The first-order valence-corrected chi connectivity index (χ1v) is 3.30. The first kappa shape index (κ1) is 12.8. The van der Waals surface area contributed by atoms with Gasteiger partial charge in [-0.05, 0) is 19.4 Å². The second-order valence-electron chi connectivity index (χ2n) is 1.83. The average molecular weight is 170 g/mol. The zero-order valence-corrected chi connectivity index (χ0v) is 6.90. The monoisotopic (exact) mass is 169 g/mol. The van der Waals surface area contributed by atoms with Gasteiger partial charge in [0, 0.05) is 19.8 Å². The predicted octanol–water partition coefficient (Wildman–Crippen LogP) is 0.156. The third kappa shape index (κ3) is 11.0. The molecule has 0 aromatic rings. The Morgan fingerprint density at radius 3 is 2.30 bits per heavy atom. The molecule has 0 rings (SSSR count). The Kier molecular flexibility index (Phi) is 15.3. The Morgan fingerprint density at radius 1 is 1.20 bits per heavy atom. The molecule has 0 saturated carbocycles. The first-order chi connectivity index (χ1) is 4.41. The van der Waals surface area contributed by atoms with Crippen LogP contribution in [0.3, 0.4) is 0 Å². The number of halogens is 1. The van der Waals surface area contributed by atoms with Crippen molar-refractivity contribution in [2.24, 2.45) is 5.73 Å². The smallest absolute Gasteiger partial charge is 0.0487 e. The van der Waals surface area contributed by atoms with Crippen molar-refractivity contribution in [2.75, 3.05) is 26.4 Å². The number of nitrogens with two attached hydrogens (primary N) is 1. The Balaban J connectivity index is 0. The van der Waals surface area contributed by atoms with Gasteiger partial charge >= 0.3 is 0 Å². The lowest BCUT2D eigenvalue weighted by molar-refractivity contribution is 0.115. The van der Waals surface area contributed by atoms with Crippen molar-refractivity contribution in [3.8, 4) is 0 Å². The molecule has 0 aromatic heterocycles. The number of ether oxygens (including phenoxy) is 1. The van der Waals surface area contributed by atoms with Crippen molar-refractivity contribution in [3.63, 3.8) is 0 Å². The second-order valence-corrected chi connectivity index (χ2v) is 1.83. The minimum Gasteiger partial charge on any atom is -0.396 e. The summed E-state index contributed by atoms with van der Waals surface area (Å²) in [5.41, 5.74) is 5.21. The zero-order chi connectivity index (χ0) is 6.95. The van der Waals surface area contributed by atoms with Gasteiger partial charge in [-0.2, -0.15) is 0 Å². The first-order valence-electron chi connectivity index (χ1n) is 3.30. The molecular formula is C6H16ClNO2. The van der Waals surface area contributed by atoms with Crippen LogP contribution in [0.4, 0.5) is 0 Å². The van der Waals surface area contributed by atoms with Gasteiger partial charge in [-0.25, -0.2) is 0 Å². The van der Waals surface area contributed by atoms with Crippen molar-refractivity contribution in [3.05, 3.63) is 0 Å². The van der Waals surface area contributed by atoms with Crippen molar-refractivity contribution in [1.29, 1.82) is 0 Å². The minimum absolute atomic E-state index is 0. The van der Waals surface area contributed by atoms with E-state index in [9.17, 15) is 0 Å². The molecule has 0 aromatic carbocycles. The topological polar surface area (TPSA) is 55.5 Å². The Morgan fingerprint density at radius 2 is 1.80 bits per heavy atom. The van der Waals surface area contributed by atoms with Gasteiger partial charge in [0.2, 0.25) is 0 Å². The summed E-state index contributed by atoms with van der Waals surface area (Å²) in [6, 6.07) is 0. The van der Waals surface area contributed by atoms with Crippen LogP contribution in [-0.2, 0) is 4.74 Å². The molecular weight excluding hydrogens is 154 g/mol. The molecule has 10 heavy (non-hydrogen) atoms. The van der Waals surface area contributed by atoms with E-state index in [1.54, 1.807) is 0 Å². The highest BCUT2D eigenvalue weighted by Gasteiger charge is 1.85. The summed E-state index contributed by atoms with van der Waals surface area (Å²) in [5, 5.41) is 8.32. The van der Waals surface area contributed by atoms with Crippen molar-refractivity contribution < 1.29 is 9.84 Å². The molecule has 3 N–H and O–H groups in total. The van der Waals surface area contributed by atoms with Crippen LogP contribution < -0.4 is 5.73 Å². The maximum Gasteiger partial charge on any atom is 0.0487 e. The lowest BCUT2D eigenvalue weighted by atomic mass is 10.4. The van der Waals surface area contributed by atoms with E-state index in [0.29, 0.717) is 13.2 Å². The van der Waals surface area contributed by atoms with E-state index in [1.165, 1.54) is 0 Å². The van der Waals surface area contributed by atoms with Crippen molar-refractivity contribution in [2.45, 2.75) is 12.8 Å². The molecule has 0 fully saturated rings. The van der Waals surface area contributed by atoms with Gasteiger partial charge in [-0.15, -0.1) is 12.4 Å². The second kappa shape index (κ2) is 11.9. The number of hydrogen-bond donors (Lipinski definition) is 2. The lowest BCUT2D eigenvalue weighted by Gasteiger charge is -1.99. The molecule has 0 saturated heterocycles. The Hall–Kier alpha value is 0.170. The fourth-order valence-electron chi connectivity index (χ4n) is 0.454. The van der Waals surface area contributed by atoms with Crippen LogP contribution in [0.2, 0.25) is 0 Å². The Labute approximate surface area is 68.0 Å². The highest BCUT2D eigenvalue weighted by Crippen LogP contribution is 1.82. The maximum absolute atomic E-state index is 8.32. The summed E-state index contributed by atoms with van der Waals surface area (Å²) in [7, 11) is 0. The van der Waals surface area contributed by atoms with Crippen LogP contribution in [-0.4, -0.2) is 31.5 Å². The molecule has 0 aliphatic heterocycles. The van der Waals surface area contributed by atoms with Gasteiger partial charge in [0.1, 0.15) is 0 Å². The molecule has 0 aliphatic carbocycles. The quantitative estimate of drug-likeness (QED) is 0.557. The molecule has 0 bridgehead atoms. The summed E-state index contributed by atoms with van der Waals surface area (Å²) in [4.78, 5) is 0. The lowest BCUT2D eigenvalue weighted by Crippen LogP contribution is -2.05. The minimum atomic E-state index is 0. The number of rotatable bonds is 6. The van der Waals surface area contributed by atoms with Gasteiger partial charge in [-0.3, -0.25) is 0 Å². The van der Waals surface area contributed by atoms with Crippen LogP contribution in [0.5, 0.6) is 0 Å². The molecule has 0 unspecified atom stereocenters. The van der Waals surface area contributed by atoms with Gasteiger partial charge in [-0.1, -0.05) is 0 Å². The predicted molar refractivity (Wildman–Crippen MR) is 43.4 cm³/mol. The SMILES string of the molecule is Cl.NCCCOCCCO. The molecule has 0 aliphatic rings. The molecule has 0 spiro atoms. The van der Waals surface area contributed by atoms with Crippen LogP contribution in [0.25, 0.3) is 0 Å². The van der Waals surface area contributed by atoms with E-state index in [-0.39, 0.29) is 19.0 Å². The van der Waals surface area contributed by atoms with Gasteiger partial charge in [0.05, 0.1) is 0 Å². The third-order valence-corrected chi connectivity index (χ3v) is 0.940. The molecule has 4 heteroatoms. The summed E-state index contributed by atoms with van der Waals surface area (Å²) in [5.74, 6) is 0. The van der Waals surface area contributed by atoms with E-state index in [1.807, 2.05) is 0 Å². The number of hydrogen-bond acceptors (Lipinski definition) is 3. The summed E-state index contributed by atoms with van der Waals surface area (Å²) in [6.07, 6.45) is 1.63. The molecule has 0 radical (unpaired) electrons. The van der Waals surface area contributed by atoms with Crippen molar-refractivity contribution >= 4 is 12.4 Å². The number of aliphatic hydroxyl groups is 1. The van der Waals surface area contributed by atoms with Crippen LogP contribution in [0.1, 0.15) is 12.8 Å². The highest BCUT2D eigenvalue weighted by atomic mass is 35.5. The normalized spacial score (nSPS) is 9.00. The van der Waals surface area contributed by atoms with Crippen LogP contribution in [0, 0.1) is 0 Å². The molecule has 0 atom stereocenters. The molecule has 0 amide bonds. The van der Waals surface area contributed by atoms with Gasteiger partial charge < -0.3 is 15.6 Å². The zero-order valence-electron chi connectivity index (χ0n) is 6.08. The summed E-state index contributed by atoms with van der Waals surface area (Å²) in [6.45, 7) is 2.26. The van der Waals surface area contributed by atoms with E-state index >= 15 is 0 Å². The fourth-order valence-corrected chi connectivity index (χ4v) is 0.454. The largest absolute Gasteiger partial charge is 0.396 e. The van der Waals surface area contributed by atoms with Gasteiger partial charge in [0.15, 0.2) is 0 Å². The fraction of sp³-hybridized carbons (Fsp3) is 1.00. The highest BCUT2D eigenvalue weighted by molar-refractivity contribution is 5.85. The molecule has 0 heterocycles. The standard InChI is InChI=1S/C6H15NO2.ClH/c7-3-1-5-9-6-2-4-8;/h8H,1-7H2;1H. The van der Waals surface area contributed by atoms with Gasteiger partial charge in [0.25, 0.3) is 0 Å². The van der Waals surface area contributed by atoms with Crippen LogP contribution >= 0.6 is 12.4 Å². The van der Waals surface area contributed by atoms with Crippen molar-refractivity contribution in [1.82, 2.24) is 0 Å². The summed E-state index contributed by atoms with van der Waals surface area (Å²) >= 11 is 0. The van der Waals surface area contributed by atoms with E-state index in [2.05, 4.69) is 0 Å². The Bertz CT molecular complexity index is 49.0. The molecule has 3 nitrogen and oxygen atoms in total. The molecule has 64 valence electrons. The number of aliphatic hydroxyl groups excluding tert-OH is 1. The van der Waals surface area contributed by atoms with Crippen LogP contribution in [0.15, 0.2) is 0 Å².